The van der Waals surface area contributed by atoms with Crippen LogP contribution in [0.4, 0.5) is 0 Å². The Labute approximate surface area is 180 Å². The molecule has 1 aliphatic rings. The van der Waals surface area contributed by atoms with Crippen molar-refractivity contribution < 1.29 is 13.9 Å². The van der Waals surface area contributed by atoms with E-state index in [1.165, 1.54) is 7.11 Å². The number of hydrogen-bond acceptors (Lipinski definition) is 5. The number of methoxy groups -OCH3 is 1. The van der Waals surface area contributed by atoms with Crippen LogP contribution >= 0.6 is 12.2 Å². The highest BCUT2D eigenvalue weighted by Crippen LogP contribution is 2.40. The van der Waals surface area contributed by atoms with Gasteiger partial charge < -0.3 is 19.4 Å². The van der Waals surface area contributed by atoms with Crippen molar-refractivity contribution in [3.8, 4) is 11.3 Å². The number of thiocarbonyl (C=S) groups is 1. The summed E-state index contributed by atoms with van der Waals surface area (Å²) in [4.78, 5) is 18.4. The molecule has 2 atom stereocenters. The molecule has 0 aliphatic carbocycles. The number of rotatable bonds is 6. The third-order valence-electron chi connectivity index (χ3n) is 5.17. The predicted octanol–water partition coefficient (Wildman–Crippen LogP) is 4.51. The molecule has 1 fully saturated rings. The molecule has 1 aliphatic heterocycles. The van der Waals surface area contributed by atoms with Gasteiger partial charge in [-0.15, -0.1) is 0 Å². The van der Waals surface area contributed by atoms with Gasteiger partial charge in [-0.2, -0.15) is 0 Å². The van der Waals surface area contributed by atoms with Gasteiger partial charge in [0.15, 0.2) is 5.11 Å². The summed E-state index contributed by atoms with van der Waals surface area (Å²) in [5.41, 5.74) is 2.31. The normalized spacial score (nSPS) is 18.3. The Hall–Kier alpha value is -3.19. The summed E-state index contributed by atoms with van der Waals surface area (Å²) in [6, 6.07) is 16.8. The Morgan fingerprint density at radius 3 is 2.67 bits per heavy atom. The van der Waals surface area contributed by atoms with Crippen molar-refractivity contribution in [1.82, 2.24) is 15.2 Å². The number of carbonyl (C=O) groups excluding carboxylic acids is 1. The van der Waals surface area contributed by atoms with Crippen LogP contribution in [0.2, 0.25) is 0 Å². The highest BCUT2D eigenvalue weighted by molar-refractivity contribution is 7.80. The van der Waals surface area contributed by atoms with E-state index in [0.717, 1.165) is 35.7 Å². The molecular formula is C23H23N3O3S. The Kier molecular flexibility index (Phi) is 5.81. The van der Waals surface area contributed by atoms with Gasteiger partial charge in [-0.05, 0) is 55.0 Å². The van der Waals surface area contributed by atoms with Crippen LogP contribution in [-0.2, 0) is 4.74 Å². The van der Waals surface area contributed by atoms with E-state index in [1.54, 1.807) is 18.3 Å². The molecule has 1 N–H and O–H groups in total. The molecule has 0 bridgehead atoms. The molecule has 0 radical (unpaired) electrons. The van der Waals surface area contributed by atoms with Crippen LogP contribution in [0.3, 0.4) is 0 Å². The monoisotopic (exact) mass is 421 g/mol. The maximum absolute atomic E-state index is 11.7. The van der Waals surface area contributed by atoms with Crippen LogP contribution < -0.4 is 5.32 Å². The Balaban J connectivity index is 1.66. The molecule has 1 aromatic carbocycles. The van der Waals surface area contributed by atoms with Crippen molar-refractivity contribution in [2.45, 2.75) is 25.4 Å². The molecule has 0 spiro atoms. The van der Waals surface area contributed by atoms with Crippen LogP contribution in [0.25, 0.3) is 11.3 Å². The van der Waals surface area contributed by atoms with Gasteiger partial charge in [-0.3, -0.25) is 4.98 Å². The molecule has 2 aromatic heterocycles. The van der Waals surface area contributed by atoms with E-state index in [1.807, 2.05) is 42.5 Å². The molecule has 0 saturated carbocycles. The summed E-state index contributed by atoms with van der Waals surface area (Å²) in [7, 11) is 1.37. The van der Waals surface area contributed by atoms with Gasteiger partial charge in [-0.25, -0.2) is 4.79 Å². The van der Waals surface area contributed by atoms with Crippen molar-refractivity contribution in [3.63, 3.8) is 0 Å². The second kappa shape index (κ2) is 8.67. The number of pyridine rings is 1. The minimum absolute atomic E-state index is 0.0876. The summed E-state index contributed by atoms with van der Waals surface area (Å²) in [5.74, 6) is 1.19. The Morgan fingerprint density at radius 1 is 1.20 bits per heavy atom. The molecule has 3 heterocycles. The predicted molar refractivity (Wildman–Crippen MR) is 118 cm³/mol. The smallest absolute Gasteiger partial charge is 0.337 e. The number of furan rings is 1. The van der Waals surface area contributed by atoms with Crippen molar-refractivity contribution in [1.29, 1.82) is 0 Å². The van der Waals surface area contributed by atoms with E-state index in [0.29, 0.717) is 10.7 Å². The third kappa shape index (κ3) is 3.80. The number of carbonyl (C=O) groups is 1. The van der Waals surface area contributed by atoms with E-state index in [9.17, 15) is 4.79 Å². The fourth-order valence-corrected chi connectivity index (χ4v) is 4.08. The van der Waals surface area contributed by atoms with E-state index in [4.69, 9.17) is 21.4 Å². The molecule has 0 amide bonds. The van der Waals surface area contributed by atoms with E-state index < -0.39 is 0 Å². The van der Waals surface area contributed by atoms with E-state index in [-0.39, 0.29) is 18.1 Å². The number of esters is 1. The lowest BCUT2D eigenvalue weighted by Gasteiger charge is -2.25. The topological polar surface area (TPSA) is 67.6 Å². The summed E-state index contributed by atoms with van der Waals surface area (Å²) in [6.45, 7) is 2.95. The fraction of sp³-hybridized carbons (Fsp3) is 0.261. The van der Waals surface area contributed by atoms with Crippen LogP contribution in [0.15, 0.2) is 65.2 Å². The zero-order chi connectivity index (χ0) is 21.1. The second-order valence-corrected chi connectivity index (χ2v) is 7.48. The van der Waals surface area contributed by atoms with Crippen molar-refractivity contribution in [2.24, 2.45) is 0 Å². The maximum atomic E-state index is 11.7. The number of aromatic nitrogens is 1. The molecular weight excluding hydrogens is 398 g/mol. The highest BCUT2D eigenvalue weighted by Gasteiger charge is 2.41. The number of hydrogen-bond donors (Lipinski definition) is 1. The summed E-state index contributed by atoms with van der Waals surface area (Å²) in [6.07, 6.45) is 2.76. The zero-order valence-electron chi connectivity index (χ0n) is 16.9. The van der Waals surface area contributed by atoms with Gasteiger partial charge in [0.2, 0.25) is 0 Å². The molecule has 154 valence electrons. The van der Waals surface area contributed by atoms with Crippen molar-refractivity contribution in [2.75, 3.05) is 13.7 Å². The van der Waals surface area contributed by atoms with Crippen molar-refractivity contribution >= 4 is 23.3 Å². The molecule has 0 unspecified atom stereocenters. The first-order valence-electron chi connectivity index (χ1n) is 9.89. The summed E-state index contributed by atoms with van der Waals surface area (Å²) < 4.78 is 11.0. The fourth-order valence-electron chi connectivity index (χ4n) is 3.75. The number of ether oxygens (including phenoxy) is 1. The second-order valence-electron chi connectivity index (χ2n) is 7.09. The van der Waals surface area contributed by atoms with Gasteiger partial charge in [0, 0.05) is 18.3 Å². The first-order chi connectivity index (χ1) is 14.6. The number of nitrogens with zero attached hydrogens (tertiary/aromatic N) is 2. The molecule has 6 nitrogen and oxygen atoms in total. The van der Waals surface area contributed by atoms with Crippen LogP contribution in [0, 0.1) is 0 Å². The van der Waals surface area contributed by atoms with Gasteiger partial charge in [0.25, 0.3) is 0 Å². The average molecular weight is 422 g/mol. The van der Waals surface area contributed by atoms with Gasteiger partial charge in [0.05, 0.1) is 24.4 Å². The lowest BCUT2D eigenvalue weighted by molar-refractivity contribution is 0.0600. The lowest BCUT2D eigenvalue weighted by Crippen LogP contribution is -2.30. The minimum Gasteiger partial charge on any atom is -0.465 e. The Morgan fingerprint density at radius 2 is 2.00 bits per heavy atom. The van der Waals surface area contributed by atoms with E-state index in [2.05, 4.69) is 22.1 Å². The lowest BCUT2D eigenvalue weighted by atomic mass is 10.0. The quantitative estimate of drug-likeness (QED) is 0.464. The summed E-state index contributed by atoms with van der Waals surface area (Å²) in [5, 5.41) is 4.12. The highest BCUT2D eigenvalue weighted by atomic mass is 32.1. The largest absolute Gasteiger partial charge is 0.465 e. The maximum Gasteiger partial charge on any atom is 0.337 e. The molecule has 4 rings (SSSR count). The molecule has 7 heteroatoms. The van der Waals surface area contributed by atoms with Crippen LogP contribution in [0.5, 0.6) is 0 Å². The van der Waals surface area contributed by atoms with Gasteiger partial charge >= 0.3 is 5.97 Å². The van der Waals surface area contributed by atoms with Gasteiger partial charge in [0.1, 0.15) is 17.6 Å². The zero-order valence-corrected chi connectivity index (χ0v) is 17.7. The average Bonchev–Trinajstić information content (AvgIpc) is 3.39. The van der Waals surface area contributed by atoms with Crippen molar-refractivity contribution in [3.05, 3.63) is 77.8 Å². The molecule has 3 aromatic rings. The number of benzene rings is 1. The third-order valence-corrected chi connectivity index (χ3v) is 5.52. The Bertz CT molecular complexity index is 1030. The number of nitrogens with one attached hydrogen (secondary N) is 1. The molecule has 1 saturated heterocycles. The van der Waals surface area contributed by atoms with E-state index >= 15 is 0 Å². The standard InChI is InChI=1S/C23H23N3O3S/c1-3-14-26-21(20(25-23(26)30)17-6-4-5-13-24-17)19-12-11-18(29-19)15-7-9-16(10-8-15)22(27)28-2/h4-13,20-21H,3,14H2,1-2H3,(H,25,30)/t20-,21+/m0/s1. The minimum atomic E-state index is -0.361. The summed E-state index contributed by atoms with van der Waals surface area (Å²) >= 11 is 5.61. The van der Waals surface area contributed by atoms with Crippen LogP contribution in [0.1, 0.15) is 47.2 Å². The van der Waals surface area contributed by atoms with Gasteiger partial charge in [-0.1, -0.05) is 25.1 Å². The molecule has 30 heavy (non-hydrogen) atoms. The van der Waals surface area contributed by atoms with Crippen LogP contribution in [-0.4, -0.2) is 34.6 Å². The first-order valence-corrected chi connectivity index (χ1v) is 10.3. The SMILES string of the molecule is CCCN1C(=S)N[C@@H](c2ccccn2)[C@H]1c1ccc(-c2ccc(C(=O)OC)cc2)o1. The first kappa shape index (κ1) is 20.1.